The number of rotatable bonds is 11. The highest BCUT2D eigenvalue weighted by Crippen LogP contribution is 2.46. The molecule has 0 radical (unpaired) electrons. The fraction of sp³-hybridized carbons (Fsp3) is 0.607. The number of nitrogens with two attached hydrogens (primary N) is 1. The molecule has 2 amide bonds. The van der Waals surface area contributed by atoms with Crippen LogP contribution in [0.3, 0.4) is 0 Å². The number of imidazole rings is 1. The van der Waals surface area contributed by atoms with Crippen molar-refractivity contribution in [3.63, 3.8) is 0 Å². The number of halogens is 8. The molecule has 3 aromatic rings. The van der Waals surface area contributed by atoms with Gasteiger partial charge in [-0.05, 0) is 49.1 Å². The minimum Gasteiger partial charge on any atom is -0.364 e. The number of aromatic nitrogens is 5. The number of hydrogen-bond donors (Lipinski definition) is 2. The second-order valence-electron chi connectivity index (χ2n) is 11.9. The van der Waals surface area contributed by atoms with E-state index in [0.717, 1.165) is 17.5 Å². The average Bonchev–Trinajstić information content (AvgIpc) is 3.55. The second-order valence-corrected chi connectivity index (χ2v) is 11.9. The van der Waals surface area contributed by atoms with Crippen molar-refractivity contribution in [2.45, 2.75) is 94.6 Å². The first-order valence-electron chi connectivity index (χ1n) is 14.5. The number of nitrogens with zero attached hydrogens (tertiary/aromatic N) is 5. The molecule has 45 heavy (non-hydrogen) atoms. The molecule has 2 aliphatic carbocycles. The lowest BCUT2D eigenvalue weighted by molar-refractivity contribution is -0.144. The third-order valence-electron chi connectivity index (χ3n) is 8.30. The standard InChI is InChI=1S/C28H31F8N7O2/c29-26(30)6-3-15(4-7-26)22(18-13-42(10-9-28(34,35)36)41-24(18)25(37)45)19-14-43-20(39-19)11-17(12-38-43)23(16-1-2-16)40-21(44)5-8-27(31,32)33/h11-16,22-23H,1-10H2,(H2,37,45)(H,40,44)/t22-,23?/m0/s1. The highest BCUT2D eigenvalue weighted by molar-refractivity contribution is 5.92. The molecule has 2 fully saturated rings. The largest absolute Gasteiger partial charge is 0.390 e. The summed E-state index contributed by atoms with van der Waals surface area (Å²) in [5.41, 5.74) is 6.50. The first-order chi connectivity index (χ1) is 21.0. The molecule has 0 saturated heterocycles. The van der Waals surface area contributed by atoms with Gasteiger partial charge in [-0.3, -0.25) is 14.3 Å². The van der Waals surface area contributed by atoms with Crippen molar-refractivity contribution in [2.24, 2.45) is 17.6 Å². The Morgan fingerprint density at radius 1 is 1.00 bits per heavy atom. The number of hydrogen-bond acceptors (Lipinski definition) is 5. The molecule has 0 spiro atoms. The van der Waals surface area contributed by atoms with Gasteiger partial charge in [0.05, 0.1) is 37.0 Å². The molecule has 0 bridgehead atoms. The minimum atomic E-state index is -4.49. The summed E-state index contributed by atoms with van der Waals surface area (Å²) < 4.78 is 107. The lowest BCUT2D eigenvalue weighted by atomic mass is 9.74. The van der Waals surface area contributed by atoms with Gasteiger partial charge < -0.3 is 11.1 Å². The number of carbonyl (C=O) groups is 2. The van der Waals surface area contributed by atoms with E-state index >= 15 is 0 Å². The molecule has 2 saturated carbocycles. The molecule has 3 N–H and O–H groups in total. The number of carbonyl (C=O) groups excluding carboxylic acids is 2. The maximum absolute atomic E-state index is 14.1. The van der Waals surface area contributed by atoms with E-state index in [1.54, 1.807) is 6.07 Å². The molecule has 2 atom stereocenters. The molecule has 0 aromatic carbocycles. The Labute approximate surface area is 251 Å². The van der Waals surface area contributed by atoms with Crippen LogP contribution in [-0.2, 0) is 11.3 Å². The number of fused-ring (bicyclic) bond motifs is 1. The maximum Gasteiger partial charge on any atom is 0.390 e. The van der Waals surface area contributed by atoms with Crippen molar-refractivity contribution in [3.05, 3.63) is 47.2 Å². The van der Waals surface area contributed by atoms with E-state index in [-0.39, 0.29) is 35.7 Å². The van der Waals surface area contributed by atoms with Gasteiger partial charge in [0, 0.05) is 43.5 Å². The van der Waals surface area contributed by atoms with Crippen molar-refractivity contribution < 1.29 is 44.7 Å². The highest BCUT2D eigenvalue weighted by Gasteiger charge is 2.41. The van der Waals surface area contributed by atoms with Gasteiger partial charge in [-0.25, -0.2) is 18.3 Å². The van der Waals surface area contributed by atoms with Crippen LogP contribution >= 0.6 is 0 Å². The van der Waals surface area contributed by atoms with Crippen molar-refractivity contribution in [3.8, 4) is 0 Å². The molecular weight excluding hydrogens is 618 g/mol. The quantitative estimate of drug-likeness (QED) is 0.253. The smallest absolute Gasteiger partial charge is 0.364 e. The lowest BCUT2D eigenvalue weighted by Gasteiger charge is -2.33. The topological polar surface area (TPSA) is 120 Å². The summed E-state index contributed by atoms with van der Waals surface area (Å²) in [5.74, 6) is -5.98. The zero-order valence-electron chi connectivity index (χ0n) is 23.8. The van der Waals surface area contributed by atoms with Crippen LogP contribution in [0.25, 0.3) is 5.65 Å². The summed E-state index contributed by atoms with van der Waals surface area (Å²) in [4.78, 5) is 29.3. The van der Waals surface area contributed by atoms with E-state index in [0.29, 0.717) is 11.3 Å². The molecule has 246 valence electrons. The summed E-state index contributed by atoms with van der Waals surface area (Å²) in [6, 6.07) is 1.00. The van der Waals surface area contributed by atoms with Crippen LogP contribution in [0, 0.1) is 11.8 Å². The third kappa shape index (κ3) is 8.28. The zero-order valence-corrected chi connectivity index (χ0v) is 23.8. The van der Waals surface area contributed by atoms with E-state index in [4.69, 9.17) is 5.73 Å². The third-order valence-corrected chi connectivity index (χ3v) is 8.30. The number of aryl methyl sites for hydroxylation is 1. The van der Waals surface area contributed by atoms with Crippen LogP contribution < -0.4 is 11.1 Å². The monoisotopic (exact) mass is 649 g/mol. The molecule has 9 nitrogen and oxygen atoms in total. The van der Waals surface area contributed by atoms with Gasteiger partial charge in [0.25, 0.3) is 5.91 Å². The summed E-state index contributed by atoms with van der Waals surface area (Å²) in [6.07, 6.45) is -7.25. The average molecular weight is 650 g/mol. The van der Waals surface area contributed by atoms with E-state index in [9.17, 15) is 44.7 Å². The maximum atomic E-state index is 14.1. The minimum absolute atomic E-state index is 0.00385. The lowest BCUT2D eigenvalue weighted by Crippen LogP contribution is -2.30. The Bertz CT molecular complexity index is 1530. The van der Waals surface area contributed by atoms with Gasteiger partial charge in [0.15, 0.2) is 11.3 Å². The van der Waals surface area contributed by atoms with Gasteiger partial charge >= 0.3 is 12.4 Å². The molecule has 5 rings (SSSR count). The normalized spacial score (nSPS) is 19.0. The predicted molar refractivity (Wildman–Crippen MR) is 142 cm³/mol. The first-order valence-corrected chi connectivity index (χ1v) is 14.5. The van der Waals surface area contributed by atoms with E-state index < -0.39 is 86.6 Å². The Kier molecular flexibility index (Phi) is 8.83. The fourth-order valence-electron chi connectivity index (χ4n) is 5.90. The summed E-state index contributed by atoms with van der Waals surface area (Å²) in [5, 5.41) is 11.0. The number of amides is 2. The fourth-order valence-corrected chi connectivity index (χ4v) is 5.90. The van der Waals surface area contributed by atoms with Gasteiger partial charge in [-0.2, -0.15) is 36.5 Å². The van der Waals surface area contributed by atoms with E-state index in [1.165, 1.54) is 23.1 Å². The van der Waals surface area contributed by atoms with E-state index in [1.807, 2.05) is 0 Å². The van der Waals surface area contributed by atoms with Crippen LogP contribution in [0.4, 0.5) is 35.1 Å². The summed E-state index contributed by atoms with van der Waals surface area (Å²) in [7, 11) is 0. The van der Waals surface area contributed by atoms with Gasteiger partial charge in [0.1, 0.15) is 0 Å². The van der Waals surface area contributed by atoms with Crippen molar-refractivity contribution in [1.82, 2.24) is 29.7 Å². The first kappa shape index (κ1) is 32.6. The summed E-state index contributed by atoms with van der Waals surface area (Å²) in [6.45, 7) is -0.591. The van der Waals surface area contributed by atoms with Gasteiger partial charge in [-0.1, -0.05) is 0 Å². The van der Waals surface area contributed by atoms with Crippen LogP contribution in [0.2, 0.25) is 0 Å². The second kappa shape index (κ2) is 12.2. The van der Waals surface area contributed by atoms with Gasteiger partial charge in [-0.15, -0.1) is 0 Å². The Balaban J connectivity index is 1.48. The molecule has 3 aromatic heterocycles. The molecule has 1 unspecified atom stereocenters. The van der Waals surface area contributed by atoms with Crippen molar-refractivity contribution >= 4 is 17.5 Å². The zero-order chi connectivity index (χ0) is 32.7. The molecule has 0 aliphatic heterocycles. The molecule has 17 heteroatoms. The van der Waals surface area contributed by atoms with Crippen LogP contribution in [0.15, 0.2) is 24.7 Å². The molecule has 3 heterocycles. The Hall–Kier alpha value is -3.79. The van der Waals surface area contributed by atoms with Crippen molar-refractivity contribution in [2.75, 3.05) is 0 Å². The molecule has 2 aliphatic rings. The van der Waals surface area contributed by atoms with Crippen LogP contribution in [0.1, 0.15) is 97.1 Å². The molecular formula is C28H31F8N7O2. The van der Waals surface area contributed by atoms with Crippen LogP contribution in [-0.4, -0.2) is 54.5 Å². The number of nitrogens with one attached hydrogen (secondary N) is 1. The van der Waals surface area contributed by atoms with Crippen molar-refractivity contribution in [1.29, 1.82) is 0 Å². The number of primary amides is 1. The predicted octanol–water partition coefficient (Wildman–Crippen LogP) is 5.84. The Morgan fingerprint density at radius 3 is 2.27 bits per heavy atom. The highest BCUT2D eigenvalue weighted by atomic mass is 19.4. The Morgan fingerprint density at radius 2 is 1.67 bits per heavy atom. The summed E-state index contributed by atoms with van der Waals surface area (Å²) >= 11 is 0. The SMILES string of the molecule is NC(=O)c1nn(CCC(F)(F)F)cc1[C@@H](c1cn2ncc(C(NC(=O)CCC(F)(F)F)C3CC3)cc2n1)C1CCC(F)(F)CC1. The van der Waals surface area contributed by atoms with E-state index in [2.05, 4.69) is 20.5 Å². The van der Waals surface area contributed by atoms with Gasteiger partial charge in [0.2, 0.25) is 11.8 Å². The number of alkyl halides is 8. The van der Waals surface area contributed by atoms with Crippen LogP contribution in [0.5, 0.6) is 0 Å².